The van der Waals surface area contributed by atoms with E-state index in [2.05, 4.69) is 6.92 Å². The van der Waals surface area contributed by atoms with Crippen molar-refractivity contribution in [2.75, 3.05) is 6.61 Å². The van der Waals surface area contributed by atoms with Crippen LogP contribution < -0.4 is 0 Å². The van der Waals surface area contributed by atoms with E-state index in [0.717, 1.165) is 0 Å². The average molecular weight is 258 g/mol. The summed E-state index contributed by atoms with van der Waals surface area (Å²) in [6.45, 7) is 10.3. The van der Waals surface area contributed by atoms with Gasteiger partial charge in [-0.05, 0) is 27.7 Å². The Labute approximate surface area is 108 Å². The van der Waals surface area contributed by atoms with E-state index < -0.39 is 11.6 Å². The molecule has 0 radical (unpaired) electrons. The van der Waals surface area contributed by atoms with Crippen molar-refractivity contribution in [1.29, 1.82) is 0 Å². The Morgan fingerprint density at radius 1 is 0.889 bits per heavy atom. The SMILES string of the molecule is C[C@H]1[C@H]2OC(C)(C)O[C@H]2O[C@@H]1[C@H]1COC(C)(C)O1. The predicted molar refractivity (Wildman–Crippen MR) is 62.8 cm³/mol. The van der Waals surface area contributed by atoms with Crippen molar-refractivity contribution in [3.05, 3.63) is 0 Å². The van der Waals surface area contributed by atoms with Crippen LogP contribution in [0.3, 0.4) is 0 Å². The molecule has 3 saturated heterocycles. The molecule has 5 nitrogen and oxygen atoms in total. The van der Waals surface area contributed by atoms with E-state index in [9.17, 15) is 0 Å². The van der Waals surface area contributed by atoms with Gasteiger partial charge in [0.05, 0.1) is 12.7 Å². The van der Waals surface area contributed by atoms with Gasteiger partial charge in [0.2, 0.25) is 0 Å². The molecule has 3 aliphatic heterocycles. The van der Waals surface area contributed by atoms with Crippen molar-refractivity contribution >= 4 is 0 Å². The van der Waals surface area contributed by atoms with Crippen LogP contribution in [0.4, 0.5) is 0 Å². The Bertz CT molecular complexity index is 340. The number of hydrogen-bond donors (Lipinski definition) is 0. The number of rotatable bonds is 1. The van der Waals surface area contributed by atoms with E-state index in [1.54, 1.807) is 0 Å². The van der Waals surface area contributed by atoms with Gasteiger partial charge in [-0.15, -0.1) is 0 Å². The molecule has 5 heteroatoms. The molecule has 3 fully saturated rings. The molecule has 0 N–H and O–H groups in total. The molecular formula is C13H22O5. The first-order chi connectivity index (χ1) is 8.27. The normalized spacial score (nSPS) is 49.5. The molecule has 0 spiro atoms. The van der Waals surface area contributed by atoms with Crippen LogP contribution in [0.25, 0.3) is 0 Å². The van der Waals surface area contributed by atoms with Crippen molar-refractivity contribution < 1.29 is 23.7 Å². The van der Waals surface area contributed by atoms with Crippen LogP contribution in [-0.4, -0.2) is 42.8 Å². The maximum absolute atomic E-state index is 5.96. The lowest BCUT2D eigenvalue weighted by atomic mass is 9.97. The lowest BCUT2D eigenvalue weighted by molar-refractivity contribution is -0.226. The fourth-order valence-electron chi connectivity index (χ4n) is 2.99. The first-order valence-electron chi connectivity index (χ1n) is 6.60. The van der Waals surface area contributed by atoms with Gasteiger partial charge >= 0.3 is 0 Å². The number of ether oxygens (including phenoxy) is 5. The lowest BCUT2D eigenvalue weighted by Crippen LogP contribution is -2.37. The van der Waals surface area contributed by atoms with Crippen LogP contribution in [0.1, 0.15) is 34.6 Å². The van der Waals surface area contributed by atoms with Gasteiger partial charge in [0, 0.05) is 5.92 Å². The molecule has 5 atom stereocenters. The summed E-state index contributed by atoms with van der Waals surface area (Å²) < 4.78 is 29.0. The summed E-state index contributed by atoms with van der Waals surface area (Å²) >= 11 is 0. The Balaban J connectivity index is 1.68. The van der Waals surface area contributed by atoms with Crippen molar-refractivity contribution in [2.45, 2.75) is 70.8 Å². The van der Waals surface area contributed by atoms with Crippen LogP contribution in [-0.2, 0) is 23.7 Å². The Kier molecular flexibility index (Phi) is 2.78. The minimum atomic E-state index is -0.555. The minimum Gasteiger partial charge on any atom is -0.348 e. The predicted octanol–water partition coefficient (Wildman–Crippen LogP) is 1.65. The van der Waals surface area contributed by atoms with Crippen molar-refractivity contribution in [2.24, 2.45) is 5.92 Å². The number of fused-ring (bicyclic) bond motifs is 1. The van der Waals surface area contributed by atoms with Crippen LogP contribution in [0, 0.1) is 5.92 Å². The van der Waals surface area contributed by atoms with Crippen molar-refractivity contribution in [3.8, 4) is 0 Å². The van der Waals surface area contributed by atoms with Crippen LogP contribution >= 0.6 is 0 Å². The van der Waals surface area contributed by atoms with E-state index in [1.165, 1.54) is 0 Å². The fraction of sp³-hybridized carbons (Fsp3) is 1.00. The Hall–Kier alpha value is -0.200. The third-order valence-corrected chi connectivity index (χ3v) is 3.81. The van der Waals surface area contributed by atoms with Gasteiger partial charge in [-0.3, -0.25) is 0 Å². The highest BCUT2D eigenvalue weighted by molar-refractivity contribution is 4.95. The monoisotopic (exact) mass is 258 g/mol. The quantitative estimate of drug-likeness (QED) is 0.715. The summed E-state index contributed by atoms with van der Waals surface area (Å²) in [4.78, 5) is 0. The molecule has 0 aromatic carbocycles. The maximum Gasteiger partial charge on any atom is 0.187 e. The van der Waals surface area contributed by atoms with E-state index in [0.29, 0.717) is 6.61 Å². The standard InChI is InChI=1S/C13H22O5/c1-7-9(8-6-14-12(2,3)16-8)15-11-10(7)17-13(4,5)18-11/h7-11H,6H2,1-5H3/t7-,8-,9+,10-,11-/m1/s1. The Morgan fingerprint density at radius 3 is 2.17 bits per heavy atom. The molecule has 3 aliphatic rings. The zero-order chi connectivity index (χ0) is 13.1. The van der Waals surface area contributed by atoms with Crippen LogP contribution in [0.15, 0.2) is 0 Å². The molecular weight excluding hydrogens is 236 g/mol. The highest BCUT2D eigenvalue weighted by Crippen LogP contribution is 2.43. The molecule has 104 valence electrons. The first-order valence-corrected chi connectivity index (χ1v) is 6.60. The van der Waals surface area contributed by atoms with Crippen LogP contribution in [0.2, 0.25) is 0 Å². The van der Waals surface area contributed by atoms with Gasteiger partial charge in [0.15, 0.2) is 17.9 Å². The summed E-state index contributed by atoms with van der Waals surface area (Å²) in [7, 11) is 0. The van der Waals surface area contributed by atoms with Gasteiger partial charge in [-0.2, -0.15) is 0 Å². The second-order valence-electron chi connectivity index (χ2n) is 6.30. The molecule has 0 amide bonds. The minimum absolute atomic E-state index is 0.0164. The molecule has 3 heterocycles. The zero-order valence-corrected chi connectivity index (χ0v) is 11.6. The summed E-state index contributed by atoms with van der Waals surface area (Å²) in [5.74, 6) is -0.841. The van der Waals surface area contributed by atoms with Gasteiger partial charge in [0.1, 0.15) is 12.2 Å². The molecule has 18 heavy (non-hydrogen) atoms. The molecule has 3 rings (SSSR count). The number of hydrogen-bond acceptors (Lipinski definition) is 5. The maximum atomic E-state index is 5.96. The third-order valence-electron chi connectivity index (χ3n) is 3.81. The summed E-state index contributed by atoms with van der Waals surface area (Å²) in [5.41, 5.74) is 0. The summed E-state index contributed by atoms with van der Waals surface area (Å²) in [5, 5.41) is 0. The second kappa shape index (κ2) is 3.90. The largest absolute Gasteiger partial charge is 0.348 e. The van der Waals surface area contributed by atoms with Crippen LogP contribution in [0.5, 0.6) is 0 Å². The van der Waals surface area contributed by atoms with Gasteiger partial charge in [0.25, 0.3) is 0 Å². The highest BCUT2D eigenvalue weighted by atomic mass is 16.8. The smallest absolute Gasteiger partial charge is 0.187 e. The van der Waals surface area contributed by atoms with E-state index in [1.807, 2.05) is 27.7 Å². The first kappa shape index (κ1) is 12.8. The lowest BCUT2D eigenvalue weighted by Gasteiger charge is -2.27. The van der Waals surface area contributed by atoms with Crippen molar-refractivity contribution in [3.63, 3.8) is 0 Å². The topological polar surface area (TPSA) is 46.2 Å². The molecule has 0 saturated carbocycles. The average Bonchev–Trinajstić information content (AvgIpc) is 2.81. The van der Waals surface area contributed by atoms with E-state index in [-0.39, 0.29) is 30.5 Å². The van der Waals surface area contributed by atoms with Gasteiger partial charge in [-0.1, -0.05) is 6.92 Å². The molecule has 0 aromatic rings. The fourth-order valence-corrected chi connectivity index (χ4v) is 2.99. The van der Waals surface area contributed by atoms with Gasteiger partial charge in [-0.25, -0.2) is 0 Å². The molecule has 0 unspecified atom stereocenters. The summed E-state index contributed by atoms with van der Waals surface area (Å²) in [6, 6.07) is 0. The van der Waals surface area contributed by atoms with E-state index >= 15 is 0 Å². The molecule has 0 bridgehead atoms. The second-order valence-corrected chi connectivity index (χ2v) is 6.30. The van der Waals surface area contributed by atoms with Crippen molar-refractivity contribution in [1.82, 2.24) is 0 Å². The Morgan fingerprint density at radius 2 is 1.61 bits per heavy atom. The molecule has 0 aromatic heterocycles. The highest BCUT2D eigenvalue weighted by Gasteiger charge is 2.56. The summed E-state index contributed by atoms with van der Waals surface area (Å²) in [6.07, 6.45) is -0.376. The third kappa shape index (κ3) is 2.08. The molecule has 0 aliphatic carbocycles. The van der Waals surface area contributed by atoms with E-state index in [4.69, 9.17) is 23.7 Å². The van der Waals surface area contributed by atoms with Gasteiger partial charge < -0.3 is 23.7 Å². The zero-order valence-electron chi connectivity index (χ0n) is 11.6.